The van der Waals surface area contributed by atoms with Crippen LogP contribution in [0.2, 0.25) is 0 Å². The van der Waals surface area contributed by atoms with Crippen molar-refractivity contribution in [1.29, 1.82) is 0 Å². The van der Waals surface area contributed by atoms with Crippen LogP contribution in [0, 0.1) is 16.7 Å². The first-order valence-corrected chi connectivity index (χ1v) is 6.20. The number of oxime groups is 1. The minimum absolute atomic E-state index is 0.0624. The van der Waals surface area contributed by atoms with Crippen LogP contribution in [-0.2, 0) is 0 Å². The quantitative estimate of drug-likeness (QED) is 0.599. The molecule has 17 heavy (non-hydrogen) atoms. The number of hydrogen-bond donors (Lipinski definition) is 1. The van der Waals surface area contributed by atoms with Crippen LogP contribution < -0.4 is 0 Å². The van der Waals surface area contributed by atoms with Gasteiger partial charge in [0.2, 0.25) is 0 Å². The van der Waals surface area contributed by atoms with Crippen molar-refractivity contribution in [1.82, 2.24) is 9.55 Å². The van der Waals surface area contributed by atoms with Crippen molar-refractivity contribution >= 4 is 5.71 Å². The highest BCUT2D eigenvalue weighted by atomic mass is 16.4. The topological polar surface area (TPSA) is 50.4 Å². The van der Waals surface area contributed by atoms with Gasteiger partial charge in [-0.15, -0.1) is 0 Å². The molecule has 0 aliphatic heterocycles. The molecule has 0 spiro atoms. The Morgan fingerprint density at radius 2 is 2.24 bits per heavy atom. The first kappa shape index (κ1) is 10.8. The van der Waals surface area contributed by atoms with E-state index in [4.69, 9.17) is 0 Å². The second-order valence-electron chi connectivity index (χ2n) is 6.13. The van der Waals surface area contributed by atoms with Crippen molar-refractivity contribution in [2.45, 2.75) is 39.7 Å². The maximum atomic E-state index is 9.26. The second kappa shape index (κ2) is 3.12. The maximum Gasteiger partial charge on any atom is 0.0948 e. The molecule has 2 bridgehead atoms. The molecule has 1 aromatic rings. The van der Waals surface area contributed by atoms with E-state index in [0.29, 0.717) is 12.0 Å². The Morgan fingerprint density at radius 3 is 2.76 bits per heavy atom. The van der Waals surface area contributed by atoms with Gasteiger partial charge in [-0.2, -0.15) is 0 Å². The number of hydrogen-bond acceptors (Lipinski definition) is 3. The zero-order valence-corrected chi connectivity index (χ0v) is 10.6. The largest absolute Gasteiger partial charge is 0.411 e. The average molecular weight is 233 g/mol. The number of nitrogens with zero attached hydrogens (tertiary/aromatic N) is 3. The monoisotopic (exact) mass is 233 g/mol. The molecule has 2 fully saturated rings. The maximum absolute atomic E-state index is 9.26. The lowest BCUT2D eigenvalue weighted by Gasteiger charge is -2.39. The lowest BCUT2D eigenvalue weighted by Crippen LogP contribution is -2.39. The SMILES string of the molecule is CC1(C)[C@H]2CC(=NO)[C@@]1(C)[C@@H](n1ccnc1)C2. The molecule has 4 heteroatoms. The third-order valence-corrected chi connectivity index (χ3v) is 5.58. The van der Waals surface area contributed by atoms with Gasteiger partial charge < -0.3 is 9.77 Å². The van der Waals surface area contributed by atoms with E-state index < -0.39 is 0 Å². The summed E-state index contributed by atoms with van der Waals surface area (Å²) in [4.78, 5) is 4.14. The molecule has 0 aromatic carbocycles. The first-order chi connectivity index (χ1) is 8.01. The summed E-state index contributed by atoms with van der Waals surface area (Å²) in [6, 6.07) is 0.365. The van der Waals surface area contributed by atoms with Crippen LogP contribution in [0.1, 0.15) is 39.7 Å². The van der Waals surface area contributed by atoms with Gasteiger partial charge in [-0.1, -0.05) is 25.9 Å². The van der Waals surface area contributed by atoms with E-state index in [1.807, 2.05) is 18.7 Å². The molecule has 0 unspecified atom stereocenters. The smallest absolute Gasteiger partial charge is 0.0948 e. The van der Waals surface area contributed by atoms with E-state index in [1.54, 1.807) is 0 Å². The van der Waals surface area contributed by atoms with Crippen LogP contribution in [0.5, 0.6) is 0 Å². The van der Waals surface area contributed by atoms with E-state index >= 15 is 0 Å². The minimum atomic E-state index is -0.0624. The Hall–Kier alpha value is -1.32. The summed E-state index contributed by atoms with van der Waals surface area (Å²) in [6.45, 7) is 6.83. The third kappa shape index (κ3) is 1.08. The Labute approximate surface area is 101 Å². The Bertz CT molecular complexity index is 463. The van der Waals surface area contributed by atoms with Gasteiger partial charge in [0.05, 0.1) is 12.0 Å². The lowest BCUT2D eigenvalue weighted by molar-refractivity contribution is 0.161. The van der Waals surface area contributed by atoms with Crippen LogP contribution in [0.15, 0.2) is 23.9 Å². The second-order valence-corrected chi connectivity index (χ2v) is 6.13. The molecule has 2 saturated carbocycles. The van der Waals surface area contributed by atoms with E-state index in [1.165, 1.54) is 0 Å². The minimum Gasteiger partial charge on any atom is -0.411 e. The number of imidazole rings is 1. The summed E-state index contributed by atoms with van der Waals surface area (Å²) in [5, 5.41) is 12.8. The lowest BCUT2D eigenvalue weighted by atomic mass is 9.68. The fraction of sp³-hybridized carbons (Fsp3) is 0.692. The van der Waals surface area contributed by atoms with Gasteiger partial charge in [0.15, 0.2) is 0 Å². The Balaban J connectivity index is 2.12. The van der Waals surface area contributed by atoms with Crippen molar-refractivity contribution in [2.75, 3.05) is 0 Å². The Kier molecular flexibility index (Phi) is 1.98. The molecule has 2 aliphatic rings. The summed E-state index contributed by atoms with van der Waals surface area (Å²) >= 11 is 0. The molecule has 1 N–H and O–H groups in total. The molecule has 92 valence electrons. The molecule has 0 saturated heterocycles. The van der Waals surface area contributed by atoms with Crippen molar-refractivity contribution in [2.24, 2.45) is 21.9 Å². The zero-order chi connectivity index (χ0) is 12.3. The van der Waals surface area contributed by atoms with Gasteiger partial charge >= 0.3 is 0 Å². The summed E-state index contributed by atoms with van der Waals surface area (Å²) in [5.74, 6) is 0.603. The van der Waals surface area contributed by atoms with E-state index in [2.05, 4.69) is 35.5 Å². The fourth-order valence-electron chi connectivity index (χ4n) is 4.02. The summed E-state index contributed by atoms with van der Waals surface area (Å²) < 4.78 is 2.17. The average Bonchev–Trinajstić information content (AvgIpc) is 2.91. The number of rotatable bonds is 1. The molecule has 4 nitrogen and oxygen atoms in total. The van der Waals surface area contributed by atoms with Crippen LogP contribution in [0.25, 0.3) is 0 Å². The van der Waals surface area contributed by atoms with E-state index in [-0.39, 0.29) is 10.8 Å². The summed E-state index contributed by atoms with van der Waals surface area (Å²) in [7, 11) is 0. The molecule has 0 amide bonds. The molecule has 3 rings (SSSR count). The van der Waals surface area contributed by atoms with Gasteiger partial charge in [-0.3, -0.25) is 0 Å². The molecule has 1 aromatic heterocycles. The molecular weight excluding hydrogens is 214 g/mol. The molecule has 2 aliphatic carbocycles. The van der Waals surface area contributed by atoms with Crippen LogP contribution in [0.3, 0.4) is 0 Å². The van der Waals surface area contributed by atoms with E-state index in [0.717, 1.165) is 18.6 Å². The standard InChI is InChI=1S/C13H19N3O/c1-12(2)9-6-10(15-17)13(12,3)11(7-9)16-5-4-14-8-16/h4-5,8-9,11,17H,6-7H2,1-3H3/t9-,11-,13-/m0/s1. The zero-order valence-electron chi connectivity index (χ0n) is 10.6. The van der Waals surface area contributed by atoms with Gasteiger partial charge in [0, 0.05) is 23.9 Å². The predicted molar refractivity (Wildman–Crippen MR) is 65.1 cm³/mol. The highest BCUT2D eigenvalue weighted by Crippen LogP contribution is 2.68. The third-order valence-electron chi connectivity index (χ3n) is 5.58. The van der Waals surface area contributed by atoms with E-state index in [9.17, 15) is 5.21 Å². The van der Waals surface area contributed by atoms with Crippen molar-refractivity contribution in [3.8, 4) is 0 Å². The van der Waals surface area contributed by atoms with Gasteiger partial charge in [-0.05, 0) is 24.2 Å². The van der Waals surface area contributed by atoms with Gasteiger partial charge in [-0.25, -0.2) is 4.98 Å². The highest BCUT2D eigenvalue weighted by molar-refractivity contribution is 5.94. The highest BCUT2D eigenvalue weighted by Gasteiger charge is 2.65. The van der Waals surface area contributed by atoms with Crippen LogP contribution in [-0.4, -0.2) is 20.5 Å². The van der Waals surface area contributed by atoms with Crippen LogP contribution >= 0.6 is 0 Å². The molecular formula is C13H19N3O. The van der Waals surface area contributed by atoms with Gasteiger partial charge in [0.1, 0.15) is 0 Å². The normalized spacial score (nSPS) is 41.2. The summed E-state index contributed by atoms with van der Waals surface area (Å²) in [5.41, 5.74) is 1.08. The van der Waals surface area contributed by atoms with Crippen molar-refractivity contribution < 1.29 is 5.21 Å². The molecule has 1 heterocycles. The first-order valence-electron chi connectivity index (χ1n) is 6.20. The number of aromatic nitrogens is 2. The van der Waals surface area contributed by atoms with Crippen molar-refractivity contribution in [3.05, 3.63) is 18.7 Å². The fourth-order valence-corrected chi connectivity index (χ4v) is 4.02. The molecule has 3 atom stereocenters. The van der Waals surface area contributed by atoms with Crippen molar-refractivity contribution in [3.63, 3.8) is 0 Å². The van der Waals surface area contributed by atoms with Gasteiger partial charge in [0.25, 0.3) is 0 Å². The Morgan fingerprint density at radius 1 is 1.47 bits per heavy atom. The van der Waals surface area contributed by atoms with Crippen LogP contribution in [0.4, 0.5) is 0 Å². The number of fused-ring (bicyclic) bond motifs is 2. The summed E-state index contributed by atoms with van der Waals surface area (Å²) in [6.07, 6.45) is 7.80. The molecule has 0 radical (unpaired) electrons. The predicted octanol–water partition coefficient (Wildman–Crippen LogP) is 2.71.